The van der Waals surface area contributed by atoms with Crippen molar-refractivity contribution in [2.45, 2.75) is 39.7 Å². The van der Waals surface area contributed by atoms with Gasteiger partial charge in [0.1, 0.15) is 6.04 Å². The zero-order valence-electron chi connectivity index (χ0n) is 13.1. The van der Waals surface area contributed by atoms with Crippen LogP contribution >= 0.6 is 0 Å². The number of aromatic amines is 1. The second kappa shape index (κ2) is 6.64. The molecule has 1 amide bonds. The highest BCUT2D eigenvalue weighted by Crippen LogP contribution is 2.22. The number of para-hydroxylation sites is 1. The van der Waals surface area contributed by atoms with E-state index in [1.807, 2.05) is 18.3 Å². The zero-order chi connectivity index (χ0) is 16.3. The van der Waals surface area contributed by atoms with E-state index in [0.29, 0.717) is 0 Å². The normalized spacial score (nSPS) is 12.5. The summed E-state index contributed by atoms with van der Waals surface area (Å²) in [6.45, 7) is 5.64. The van der Waals surface area contributed by atoms with Gasteiger partial charge in [-0.25, -0.2) is 4.79 Å². The molecule has 0 aliphatic rings. The van der Waals surface area contributed by atoms with Crippen molar-refractivity contribution in [3.63, 3.8) is 0 Å². The number of carboxylic acid groups (broad SMARTS) is 1. The average Bonchev–Trinajstić information content (AvgIpc) is 2.87. The van der Waals surface area contributed by atoms with Crippen LogP contribution in [0.4, 0.5) is 0 Å². The van der Waals surface area contributed by atoms with Gasteiger partial charge in [-0.3, -0.25) is 4.79 Å². The molecule has 0 aliphatic heterocycles. The van der Waals surface area contributed by atoms with Crippen LogP contribution in [-0.2, 0) is 22.4 Å². The third kappa shape index (κ3) is 3.30. The number of rotatable bonds is 6. The Hall–Kier alpha value is -2.30. The number of hydrogen-bond donors (Lipinski definition) is 3. The molecular weight excluding hydrogens is 280 g/mol. The van der Waals surface area contributed by atoms with Gasteiger partial charge in [0.15, 0.2) is 0 Å². The molecule has 0 saturated carbocycles. The molecule has 1 heterocycles. The van der Waals surface area contributed by atoms with Crippen molar-refractivity contribution >= 4 is 22.8 Å². The predicted molar refractivity (Wildman–Crippen MR) is 85.8 cm³/mol. The molecule has 0 bridgehead atoms. The van der Waals surface area contributed by atoms with Crippen LogP contribution in [0.2, 0.25) is 0 Å². The number of H-pyrrole nitrogens is 1. The number of carbonyl (C=O) groups excluding carboxylic acids is 1. The summed E-state index contributed by atoms with van der Waals surface area (Å²) in [6, 6.07) is 5.15. The average molecular weight is 302 g/mol. The maximum absolute atomic E-state index is 12.1. The summed E-state index contributed by atoms with van der Waals surface area (Å²) >= 11 is 0. The van der Waals surface area contributed by atoms with Crippen LogP contribution in [0.1, 0.15) is 31.9 Å². The summed E-state index contributed by atoms with van der Waals surface area (Å²) in [7, 11) is 0. The molecule has 1 atom stereocenters. The second-order valence-electron chi connectivity index (χ2n) is 5.81. The van der Waals surface area contributed by atoms with Crippen LogP contribution in [0, 0.1) is 5.92 Å². The van der Waals surface area contributed by atoms with Gasteiger partial charge in [0, 0.05) is 17.1 Å². The van der Waals surface area contributed by atoms with Crippen molar-refractivity contribution in [1.29, 1.82) is 0 Å². The SMILES string of the molecule is CCc1cccc2c(CC(=O)N[C@@H](C(=O)O)C(C)C)c[nH]c12. The first kappa shape index (κ1) is 16.1. The van der Waals surface area contributed by atoms with Crippen LogP contribution in [0.25, 0.3) is 10.9 Å². The summed E-state index contributed by atoms with van der Waals surface area (Å²) in [5.41, 5.74) is 3.14. The van der Waals surface area contributed by atoms with E-state index < -0.39 is 12.0 Å². The van der Waals surface area contributed by atoms with Gasteiger partial charge < -0.3 is 15.4 Å². The number of hydrogen-bond acceptors (Lipinski definition) is 2. The van der Waals surface area contributed by atoms with Crippen molar-refractivity contribution in [3.8, 4) is 0 Å². The maximum atomic E-state index is 12.1. The molecule has 5 nitrogen and oxygen atoms in total. The van der Waals surface area contributed by atoms with Gasteiger partial charge in [0.2, 0.25) is 5.91 Å². The number of carboxylic acids is 1. The topological polar surface area (TPSA) is 82.2 Å². The first-order chi connectivity index (χ1) is 10.4. The summed E-state index contributed by atoms with van der Waals surface area (Å²) in [6.07, 6.45) is 2.91. The highest BCUT2D eigenvalue weighted by molar-refractivity contribution is 5.91. The van der Waals surface area contributed by atoms with Crippen LogP contribution in [0.5, 0.6) is 0 Å². The number of aliphatic carboxylic acids is 1. The Morgan fingerprint density at radius 3 is 2.59 bits per heavy atom. The summed E-state index contributed by atoms with van der Waals surface area (Å²) in [5, 5.41) is 12.8. The molecule has 22 heavy (non-hydrogen) atoms. The molecular formula is C17H22N2O3. The molecule has 0 fully saturated rings. The molecule has 0 spiro atoms. The largest absolute Gasteiger partial charge is 0.480 e. The number of benzene rings is 1. The fourth-order valence-electron chi connectivity index (χ4n) is 2.63. The van der Waals surface area contributed by atoms with Gasteiger partial charge in [0.05, 0.1) is 6.42 Å². The third-order valence-electron chi connectivity index (χ3n) is 3.87. The monoisotopic (exact) mass is 302 g/mol. The lowest BCUT2D eigenvalue weighted by Gasteiger charge is -2.17. The number of aryl methyl sites for hydroxylation is 1. The highest BCUT2D eigenvalue weighted by atomic mass is 16.4. The van der Waals surface area contributed by atoms with E-state index in [2.05, 4.69) is 23.3 Å². The second-order valence-corrected chi connectivity index (χ2v) is 5.81. The molecule has 2 aromatic rings. The molecule has 0 unspecified atom stereocenters. The van der Waals surface area contributed by atoms with Crippen molar-refractivity contribution in [2.75, 3.05) is 0 Å². The lowest BCUT2D eigenvalue weighted by Crippen LogP contribution is -2.44. The van der Waals surface area contributed by atoms with Crippen molar-refractivity contribution in [3.05, 3.63) is 35.5 Å². The van der Waals surface area contributed by atoms with E-state index in [9.17, 15) is 9.59 Å². The molecule has 0 radical (unpaired) electrons. The van der Waals surface area contributed by atoms with E-state index in [1.54, 1.807) is 13.8 Å². The molecule has 0 aliphatic carbocycles. The molecule has 1 aromatic heterocycles. The Morgan fingerprint density at radius 1 is 1.27 bits per heavy atom. The van der Waals surface area contributed by atoms with E-state index in [4.69, 9.17) is 5.11 Å². The lowest BCUT2D eigenvalue weighted by atomic mass is 10.0. The van der Waals surface area contributed by atoms with Gasteiger partial charge >= 0.3 is 5.97 Å². The minimum atomic E-state index is -1.00. The Bertz CT molecular complexity index is 688. The molecule has 118 valence electrons. The first-order valence-electron chi connectivity index (χ1n) is 7.54. The molecule has 2 rings (SSSR count). The Balaban J connectivity index is 2.17. The van der Waals surface area contributed by atoms with E-state index in [-0.39, 0.29) is 18.2 Å². The van der Waals surface area contributed by atoms with Crippen LogP contribution in [-0.4, -0.2) is 28.0 Å². The number of amides is 1. The Kier molecular flexibility index (Phi) is 4.85. The fourth-order valence-corrected chi connectivity index (χ4v) is 2.63. The standard InChI is InChI=1S/C17H22N2O3/c1-4-11-6-5-7-13-12(9-18-16(11)13)8-14(20)19-15(10(2)3)17(21)22/h5-7,9-10,15,18H,4,8H2,1-3H3,(H,19,20)(H,21,22)/t15-/m1/s1. The molecule has 0 saturated heterocycles. The number of carbonyl (C=O) groups is 2. The minimum Gasteiger partial charge on any atom is -0.480 e. The quantitative estimate of drug-likeness (QED) is 0.766. The summed E-state index contributed by atoms with van der Waals surface area (Å²) in [5.74, 6) is -1.43. The number of nitrogens with one attached hydrogen (secondary N) is 2. The van der Waals surface area contributed by atoms with Crippen molar-refractivity contribution < 1.29 is 14.7 Å². The maximum Gasteiger partial charge on any atom is 0.326 e. The number of aromatic nitrogens is 1. The minimum absolute atomic E-state index is 0.156. The van der Waals surface area contributed by atoms with Gasteiger partial charge in [-0.2, -0.15) is 0 Å². The van der Waals surface area contributed by atoms with Gasteiger partial charge in [0.25, 0.3) is 0 Å². The smallest absolute Gasteiger partial charge is 0.326 e. The van der Waals surface area contributed by atoms with Crippen LogP contribution in [0.3, 0.4) is 0 Å². The number of fused-ring (bicyclic) bond motifs is 1. The Labute approximate surface area is 129 Å². The van der Waals surface area contributed by atoms with E-state index in [0.717, 1.165) is 22.9 Å². The highest BCUT2D eigenvalue weighted by Gasteiger charge is 2.23. The van der Waals surface area contributed by atoms with Gasteiger partial charge in [-0.1, -0.05) is 39.0 Å². The molecule has 5 heteroatoms. The molecule has 3 N–H and O–H groups in total. The van der Waals surface area contributed by atoms with E-state index >= 15 is 0 Å². The third-order valence-corrected chi connectivity index (χ3v) is 3.87. The fraction of sp³-hybridized carbons (Fsp3) is 0.412. The molecule has 1 aromatic carbocycles. The van der Waals surface area contributed by atoms with Crippen LogP contribution < -0.4 is 5.32 Å². The first-order valence-corrected chi connectivity index (χ1v) is 7.54. The van der Waals surface area contributed by atoms with Crippen LogP contribution in [0.15, 0.2) is 24.4 Å². The van der Waals surface area contributed by atoms with Crippen molar-refractivity contribution in [2.24, 2.45) is 5.92 Å². The summed E-state index contributed by atoms with van der Waals surface area (Å²) < 4.78 is 0. The zero-order valence-corrected chi connectivity index (χ0v) is 13.1. The predicted octanol–water partition coefficient (Wildman–Crippen LogP) is 2.50. The lowest BCUT2D eigenvalue weighted by molar-refractivity contribution is -0.143. The van der Waals surface area contributed by atoms with Gasteiger partial charge in [-0.15, -0.1) is 0 Å². The van der Waals surface area contributed by atoms with Crippen molar-refractivity contribution in [1.82, 2.24) is 10.3 Å². The van der Waals surface area contributed by atoms with Gasteiger partial charge in [-0.05, 0) is 23.5 Å². The Morgan fingerprint density at radius 2 is 2.00 bits per heavy atom. The van der Waals surface area contributed by atoms with E-state index in [1.165, 1.54) is 5.56 Å². The summed E-state index contributed by atoms with van der Waals surface area (Å²) in [4.78, 5) is 26.5.